The molecule has 0 radical (unpaired) electrons. The number of pyridine rings is 1. The average molecular weight is 404 g/mol. The lowest BCUT2D eigenvalue weighted by Gasteiger charge is -2.09. The molecule has 0 saturated carbocycles. The van der Waals surface area contributed by atoms with Crippen molar-refractivity contribution in [1.82, 2.24) is 18.9 Å². The van der Waals surface area contributed by atoms with E-state index in [4.69, 9.17) is 4.74 Å². The summed E-state index contributed by atoms with van der Waals surface area (Å²) in [6, 6.07) is 12.1. The number of fused-ring (bicyclic) bond motifs is 2. The molecule has 8 nitrogen and oxygen atoms in total. The average Bonchev–Trinajstić information content (AvgIpc) is 2.74. The van der Waals surface area contributed by atoms with E-state index in [1.165, 1.54) is 15.0 Å². The van der Waals surface area contributed by atoms with Crippen LogP contribution in [0.4, 0.5) is 0 Å². The molecule has 0 unspecified atom stereocenters. The van der Waals surface area contributed by atoms with Gasteiger partial charge >= 0.3 is 5.97 Å². The van der Waals surface area contributed by atoms with Gasteiger partial charge in [-0.15, -0.1) is 0 Å². The normalized spacial score (nSPS) is 11.1. The van der Waals surface area contributed by atoms with Crippen molar-refractivity contribution in [2.45, 2.75) is 26.4 Å². The quantitative estimate of drug-likeness (QED) is 0.472. The number of carbonyl (C=O) groups is 1. The molecule has 0 aliphatic heterocycles. The predicted molar refractivity (Wildman–Crippen MR) is 111 cm³/mol. The number of ether oxygens (including phenoxy) is 1. The van der Waals surface area contributed by atoms with Crippen molar-refractivity contribution >= 4 is 22.5 Å². The standard InChI is InChI=1S/C22H20N4O4/c1-14-7-8-19-23-15(11-20(27)26(19)12-14)13-30-21(28)10-9-18-24-17-6-4-3-5-16(17)22(29)25(18)2/h3-8,11-12H,9-10,13H2,1-2H3. The molecular formula is C22H20N4O4. The van der Waals surface area contributed by atoms with Gasteiger partial charge in [0, 0.05) is 25.7 Å². The Labute approximate surface area is 171 Å². The highest BCUT2D eigenvalue weighted by Crippen LogP contribution is 2.09. The summed E-state index contributed by atoms with van der Waals surface area (Å²) in [5.74, 6) is 0.0522. The summed E-state index contributed by atoms with van der Waals surface area (Å²) in [6.07, 6.45) is 2.04. The van der Waals surface area contributed by atoms with Crippen LogP contribution in [0, 0.1) is 6.92 Å². The van der Waals surface area contributed by atoms with Crippen LogP contribution in [0.25, 0.3) is 16.6 Å². The predicted octanol–water partition coefficient (Wildman–Crippen LogP) is 1.93. The van der Waals surface area contributed by atoms with E-state index in [0.29, 0.717) is 28.1 Å². The first-order valence-electron chi connectivity index (χ1n) is 9.51. The summed E-state index contributed by atoms with van der Waals surface area (Å²) in [6.45, 7) is 1.80. The molecule has 0 bridgehead atoms. The molecule has 0 aliphatic carbocycles. The number of carbonyl (C=O) groups excluding carboxylic acids is 1. The van der Waals surface area contributed by atoms with Gasteiger partial charge in [0.15, 0.2) is 0 Å². The number of hydrogen-bond donors (Lipinski definition) is 0. The van der Waals surface area contributed by atoms with Gasteiger partial charge in [0.1, 0.15) is 18.1 Å². The minimum Gasteiger partial charge on any atom is -0.459 e. The summed E-state index contributed by atoms with van der Waals surface area (Å²) in [7, 11) is 1.64. The van der Waals surface area contributed by atoms with Gasteiger partial charge in [-0.2, -0.15) is 0 Å². The Bertz CT molecular complexity index is 1390. The lowest BCUT2D eigenvalue weighted by molar-refractivity contribution is -0.145. The van der Waals surface area contributed by atoms with E-state index in [0.717, 1.165) is 5.56 Å². The smallest absolute Gasteiger partial charge is 0.306 e. The minimum absolute atomic E-state index is 0.0599. The van der Waals surface area contributed by atoms with E-state index in [-0.39, 0.29) is 30.6 Å². The Morgan fingerprint density at radius 2 is 1.90 bits per heavy atom. The molecule has 0 amide bonds. The first kappa shape index (κ1) is 19.5. The molecule has 8 heteroatoms. The highest BCUT2D eigenvalue weighted by molar-refractivity contribution is 5.77. The maximum atomic E-state index is 12.4. The molecule has 4 rings (SSSR count). The number of para-hydroxylation sites is 1. The first-order chi connectivity index (χ1) is 14.4. The molecule has 0 fully saturated rings. The Balaban J connectivity index is 1.44. The SMILES string of the molecule is Cc1ccc2nc(COC(=O)CCc3nc4ccccc4c(=O)n3C)cc(=O)n2c1. The van der Waals surface area contributed by atoms with Gasteiger partial charge in [0.05, 0.1) is 23.0 Å². The van der Waals surface area contributed by atoms with E-state index >= 15 is 0 Å². The van der Waals surface area contributed by atoms with Crippen molar-refractivity contribution in [1.29, 1.82) is 0 Å². The van der Waals surface area contributed by atoms with Crippen LogP contribution in [-0.4, -0.2) is 24.9 Å². The fourth-order valence-corrected chi connectivity index (χ4v) is 3.26. The molecule has 0 saturated heterocycles. The van der Waals surface area contributed by atoms with E-state index in [1.54, 1.807) is 37.5 Å². The zero-order chi connectivity index (χ0) is 21.3. The largest absolute Gasteiger partial charge is 0.459 e. The highest BCUT2D eigenvalue weighted by atomic mass is 16.5. The number of aromatic nitrogens is 4. The summed E-state index contributed by atoms with van der Waals surface area (Å²) in [4.78, 5) is 45.7. The maximum Gasteiger partial charge on any atom is 0.306 e. The number of esters is 1. The Hall–Kier alpha value is -3.81. The van der Waals surface area contributed by atoms with Crippen LogP contribution < -0.4 is 11.1 Å². The van der Waals surface area contributed by atoms with Gasteiger partial charge in [-0.25, -0.2) is 9.97 Å². The maximum absolute atomic E-state index is 12.4. The molecule has 3 aromatic heterocycles. The summed E-state index contributed by atoms with van der Waals surface area (Å²) < 4.78 is 8.17. The molecule has 0 spiro atoms. The van der Waals surface area contributed by atoms with Gasteiger partial charge in [-0.05, 0) is 30.7 Å². The zero-order valence-electron chi connectivity index (χ0n) is 16.7. The van der Waals surface area contributed by atoms with Crippen LogP contribution in [-0.2, 0) is 29.6 Å². The third-order valence-corrected chi connectivity index (χ3v) is 4.87. The van der Waals surface area contributed by atoms with E-state index < -0.39 is 5.97 Å². The van der Waals surface area contributed by atoms with Gasteiger partial charge in [0.2, 0.25) is 0 Å². The van der Waals surface area contributed by atoms with Crippen LogP contribution in [0.3, 0.4) is 0 Å². The lowest BCUT2D eigenvalue weighted by atomic mass is 10.2. The van der Waals surface area contributed by atoms with Crippen molar-refractivity contribution in [2.24, 2.45) is 7.05 Å². The van der Waals surface area contributed by atoms with Crippen LogP contribution in [0.1, 0.15) is 23.5 Å². The topological polar surface area (TPSA) is 95.6 Å². The fourth-order valence-electron chi connectivity index (χ4n) is 3.26. The van der Waals surface area contributed by atoms with Crippen molar-refractivity contribution in [3.05, 3.63) is 86.5 Å². The minimum atomic E-state index is -0.455. The third-order valence-electron chi connectivity index (χ3n) is 4.87. The second-order valence-corrected chi connectivity index (χ2v) is 7.09. The zero-order valence-corrected chi connectivity index (χ0v) is 16.7. The van der Waals surface area contributed by atoms with Crippen LogP contribution in [0.5, 0.6) is 0 Å². The third kappa shape index (κ3) is 3.84. The number of nitrogens with zero attached hydrogens (tertiary/aromatic N) is 4. The number of rotatable bonds is 5. The van der Waals surface area contributed by atoms with E-state index in [9.17, 15) is 14.4 Å². The monoisotopic (exact) mass is 404 g/mol. The fraction of sp³-hybridized carbons (Fsp3) is 0.227. The Morgan fingerprint density at radius 3 is 2.73 bits per heavy atom. The molecule has 0 N–H and O–H groups in total. The van der Waals surface area contributed by atoms with Crippen LogP contribution >= 0.6 is 0 Å². The number of aryl methyl sites for hydroxylation is 2. The van der Waals surface area contributed by atoms with Crippen molar-refractivity contribution in [2.75, 3.05) is 0 Å². The molecule has 3 heterocycles. The van der Waals surface area contributed by atoms with Crippen molar-refractivity contribution in [3.8, 4) is 0 Å². The molecular weight excluding hydrogens is 384 g/mol. The van der Waals surface area contributed by atoms with Crippen molar-refractivity contribution < 1.29 is 9.53 Å². The van der Waals surface area contributed by atoms with E-state index in [1.807, 2.05) is 19.1 Å². The first-order valence-corrected chi connectivity index (χ1v) is 9.51. The molecule has 1 aromatic carbocycles. The Kier molecular flexibility index (Phi) is 5.14. The van der Waals surface area contributed by atoms with E-state index in [2.05, 4.69) is 9.97 Å². The second kappa shape index (κ2) is 7.90. The Morgan fingerprint density at radius 1 is 1.10 bits per heavy atom. The molecule has 0 atom stereocenters. The van der Waals surface area contributed by atoms with Gasteiger partial charge in [-0.3, -0.25) is 23.4 Å². The number of hydrogen-bond acceptors (Lipinski definition) is 6. The summed E-state index contributed by atoms with van der Waals surface area (Å²) >= 11 is 0. The summed E-state index contributed by atoms with van der Waals surface area (Å²) in [5, 5.41) is 0.537. The van der Waals surface area contributed by atoms with Crippen LogP contribution in [0.2, 0.25) is 0 Å². The van der Waals surface area contributed by atoms with Gasteiger partial charge in [-0.1, -0.05) is 18.2 Å². The second-order valence-electron chi connectivity index (χ2n) is 7.09. The van der Waals surface area contributed by atoms with Gasteiger partial charge in [0.25, 0.3) is 11.1 Å². The number of benzene rings is 1. The highest BCUT2D eigenvalue weighted by Gasteiger charge is 2.12. The van der Waals surface area contributed by atoms with Crippen molar-refractivity contribution in [3.63, 3.8) is 0 Å². The van der Waals surface area contributed by atoms with Gasteiger partial charge < -0.3 is 4.74 Å². The lowest BCUT2D eigenvalue weighted by Crippen LogP contribution is -2.23. The molecule has 30 heavy (non-hydrogen) atoms. The molecule has 4 aromatic rings. The molecule has 152 valence electrons. The summed E-state index contributed by atoms with van der Waals surface area (Å²) in [5.41, 5.74) is 2.04. The molecule has 0 aliphatic rings. The van der Waals surface area contributed by atoms with Crippen LogP contribution in [0.15, 0.2) is 58.3 Å².